The number of carbonyl (C=O) groups is 2. The molecule has 148 valence electrons. The Hall–Kier alpha value is -2.83. The van der Waals surface area contributed by atoms with E-state index in [9.17, 15) is 9.59 Å². The summed E-state index contributed by atoms with van der Waals surface area (Å²) in [5.74, 6) is 2.29. The van der Waals surface area contributed by atoms with Crippen LogP contribution in [0.5, 0.6) is 0 Å². The molecule has 4 rings (SSSR count). The van der Waals surface area contributed by atoms with Gasteiger partial charge >= 0.3 is 0 Å². The highest BCUT2D eigenvalue weighted by Crippen LogP contribution is 2.27. The van der Waals surface area contributed by atoms with Crippen LogP contribution in [0.3, 0.4) is 0 Å². The number of rotatable bonds is 5. The van der Waals surface area contributed by atoms with Gasteiger partial charge in [0, 0.05) is 64.2 Å². The number of carbonyl (C=O) groups excluding carboxylic acids is 2. The number of anilines is 1. The Morgan fingerprint density at radius 1 is 0.964 bits per heavy atom. The van der Waals surface area contributed by atoms with Gasteiger partial charge in [0.25, 0.3) is 0 Å². The Labute approximate surface area is 164 Å². The lowest BCUT2D eigenvalue weighted by Crippen LogP contribution is -2.49. The van der Waals surface area contributed by atoms with Gasteiger partial charge in [-0.25, -0.2) is 4.98 Å². The van der Waals surface area contributed by atoms with Crippen molar-refractivity contribution in [2.75, 3.05) is 44.2 Å². The number of furan rings is 1. The van der Waals surface area contributed by atoms with Crippen LogP contribution in [-0.4, -0.2) is 65.9 Å². The minimum Gasteiger partial charge on any atom is -0.469 e. The number of pyridine rings is 1. The van der Waals surface area contributed by atoms with E-state index in [0.29, 0.717) is 19.6 Å². The fourth-order valence-electron chi connectivity index (χ4n) is 4.00. The average Bonchev–Trinajstić information content (AvgIpc) is 3.44. The lowest BCUT2D eigenvalue weighted by atomic mass is 10.1. The summed E-state index contributed by atoms with van der Waals surface area (Å²) in [7, 11) is 0. The molecule has 2 saturated heterocycles. The summed E-state index contributed by atoms with van der Waals surface area (Å²) in [5, 5.41) is 0. The van der Waals surface area contributed by atoms with E-state index >= 15 is 0 Å². The Kier molecular flexibility index (Phi) is 5.60. The summed E-state index contributed by atoms with van der Waals surface area (Å²) >= 11 is 0. The van der Waals surface area contributed by atoms with E-state index in [1.807, 2.05) is 40.1 Å². The predicted molar refractivity (Wildman–Crippen MR) is 105 cm³/mol. The Bertz CT molecular complexity index is 785. The number of piperazine rings is 1. The van der Waals surface area contributed by atoms with Crippen LogP contribution in [0.1, 0.15) is 30.9 Å². The summed E-state index contributed by atoms with van der Waals surface area (Å²) < 4.78 is 5.46. The van der Waals surface area contributed by atoms with Crippen LogP contribution < -0.4 is 4.90 Å². The molecule has 2 aliphatic heterocycles. The van der Waals surface area contributed by atoms with Crippen molar-refractivity contribution in [3.05, 3.63) is 48.6 Å². The van der Waals surface area contributed by atoms with E-state index in [1.165, 1.54) is 0 Å². The van der Waals surface area contributed by atoms with E-state index in [4.69, 9.17) is 4.42 Å². The largest absolute Gasteiger partial charge is 0.469 e. The quantitative estimate of drug-likeness (QED) is 0.792. The van der Waals surface area contributed by atoms with Gasteiger partial charge < -0.3 is 19.1 Å². The molecule has 0 spiro atoms. The Morgan fingerprint density at radius 3 is 2.43 bits per heavy atom. The highest BCUT2D eigenvalue weighted by atomic mass is 16.3. The van der Waals surface area contributed by atoms with Gasteiger partial charge in [0.15, 0.2) is 0 Å². The van der Waals surface area contributed by atoms with Crippen molar-refractivity contribution in [1.29, 1.82) is 0 Å². The zero-order chi connectivity index (χ0) is 19.3. The third-order valence-electron chi connectivity index (χ3n) is 5.64. The maximum Gasteiger partial charge on any atom is 0.223 e. The van der Waals surface area contributed by atoms with Crippen molar-refractivity contribution in [2.24, 2.45) is 0 Å². The SMILES string of the molecule is O=C(CCC(=O)N1CCC(c2ccco2)C1)N1CCN(c2ccccn2)CC1. The molecule has 0 radical (unpaired) electrons. The van der Waals surface area contributed by atoms with Crippen molar-refractivity contribution < 1.29 is 14.0 Å². The van der Waals surface area contributed by atoms with Crippen molar-refractivity contribution in [2.45, 2.75) is 25.2 Å². The maximum atomic E-state index is 12.5. The Morgan fingerprint density at radius 2 is 1.75 bits per heavy atom. The first-order chi connectivity index (χ1) is 13.7. The minimum absolute atomic E-state index is 0.0644. The van der Waals surface area contributed by atoms with Crippen LogP contribution in [0, 0.1) is 0 Å². The van der Waals surface area contributed by atoms with Crippen LogP contribution in [0.25, 0.3) is 0 Å². The molecule has 7 nitrogen and oxygen atoms in total. The van der Waals surface area contributed by atoms with Gasteiger partial charge in [-0.15, -0.1) is 0 Å². The lowest BCUT2D eigenvalue weighted by Gasteiger charge is -2.35. The number of hydrogen-bond donors (Lipinski definition) is 0. The summed E-state index contributed by atoms with van der Waals surface area (Å²) in [5.41, 5.74) is 0. The smallest absolute Gasteiger partial charge is 0.223 e. The van der Waals surface area contributed by atoms with Gasteiger partial charge in [0.05, 0.1) is 6.26 Å². The number of likely N-dealkylation sites (tertiary alicyclic amines) is 1. The number of amides is 2. The molecule has 4 heterocycles. The van der Waals surface area contributed by atoms with Crippen LogP contribution in [0.4, 0.5) is 5.82 Å². The van der Waals surface area contributed by atoms with Gasteiger partial charge in [-0.3, -0.25) is 9.59 Å². The predicted octanol–water partition coefficient (Wildman–Crippen LogP) is 2.12. The van der Waals surface area contributed by atoms with Crippen LogP contribution in [-0.2, 0) is 9.59 Å². The molecular formula is C21H26N4O3. The van der Waals surface area contributed by atoms with Crippen LogP contribution in [0.15, 0.2) is 47.2 Å². The second-order valence-electron chi connectivity index (χ2n) is 7.40. The van der Waals surface area contributed by atoms with Crippen LogP contribution in [0.2, 0.25) is 0 Å². The lowest BCUT2D eigenvalue weighted by molar-refractivity contribution is -0.136. The third-order valence-corrected chi connectivity index (χ3v) is 5.64. The molecule has 1 unspecified atom stereocenters. The van der Waals surface area contributed by atoms with Crippen molar-refractivity contribution in [1.82, 2.24) is 14.8 Å². The zero-order valence-electron chi connectivity index (χ0n) is 16.0. The van der Waals surface area contributed by atoms with E-state index in [-0.39, 0.29) is 30.6 Å². The topological polar surface area (TPSA) is 69.9 Å². The molecule has 2 aromatic heterocycles. The molecule has 7 heteroatoms. The molecule has 0 N–H and O–H groups in total. The molecule has 2 fully saturated rings. The van der Waals surface area contributed by atoms with Gasteiger partial charge in [0.2, 0.25) is 11.8 Å². The second-order valence-corrected chi connectivity index (χ2v) is 7.40. The van der Waals surface area contributed by atoms with Gasteiger partial charge in [-0.2, -0.15) is 0 Å². The molecule has 2 aliphatic rings. The summed E-state index contributed by atoms with van der Waals surface area (Å²) in [4.78, 5) is 35.3. The summed E-state index contributed by atoms with van der Waals surface area (Å²) in [6, 6.07) is 9.71. The van der Waals surface area contributed by atoms with E-state index in [2.05, 4.69) is 9.88 Å². The minimum atomic E-state index is 0.0644. The zero-order valence-corrected chi connectivity index (χ0v) is 16.0. The fourth-order valence-corrected chi connectivity index (χ4v) is 4.00. The molecule has 0 saturated carbocycles. The average molecular weight is 382 g/mol. The molecule has 0 bridgehead atoms. The van der Waals surface area contributed by atoms with Gasteiger partial charge in [-0.1, -0.05) is 6.07 Å². The molecule has 2 aromatic rings. The highest BCUT2D eigenvalue weighted by molar-refractivity contribution is 5.84. The van der Waals surface area contributed by atoms with Crippen LogP contribution >= 0.6 is 0 Å². The number of nitrogens with zero attached hydrogens (tertiary/aromatic N) is 4. The molecule has 0 aromatic carbocycles. The molecular weight excluding hydrogens is 356 g/mol. The first kappa shape index (κ1) is 18.5. The third kappa shape index (κ3) is 4.18. The van der Waals surface area contributed by atoms with E-state index in [1.54, 1.807) is 12.5 Å². The summed E-state index contributed by atoms with van der Waals surface area (Å²) in [6.45, 7) is 4.31. The summed E-state index contributed by atoms with van der Waals surface area (Å²) in [6.07, 6.45) is 4.94. The monoisotopic (exact) mass is 382 g/mol. The van der Waals surface area contributed by atoms with Crippen molar-refractivity contribution in [3.63, 3.8) is 0 Å². The fraction of sp³-hybridized carbons (Fsp3) is 0.476. The molecule has 0 aliphatic carbocycles. The van der Waals surface area contributed by atoms with Crippen molar-refractivity contribution in [3.8, 4) is 0 Å². The Balaban J connectivity index is 1.20. The normalized spacial score (nSPS) is 19.9. The number of aromatic nitrogens is 1. The first-order valence-corrected chi connectivity index (χ1v) is 9.95. The number of hydrogen-bond acceptors (Lipinski definition) is 5. The standard InChI is InChI=1S/C21H26N4O3/c26-20(24-13-11-23(12-14-24)19-5-1-2-9-22-19)6-7-21(27)25-10-8-17(16-25)18-4-3-15-28-18/h1-5,9,15,17H,6-8,10-14,16H2. The molecule has 28 heavy (non-hydrogen) atoms. The van der Waals surface area contributed by atoms with E-state index < -0.39 is 0 Å². The van der Waals surface area contributed by atoms with E-state index in [0.717, 1.165) is 37.6 Å². The molecule has 2 amide bonds. The molecule has 1 atom stereocenters. The first-order valence-electron chi connectivity index (χ1n) is 9.95. The van der Waals surface area contributed by atoms with Gasteiger partial charge in [0.1, 0.15) is 11.6 Å². The maximum absolute atomic E-state index is 12.5. The van der Waals surface area contributed by atoms with Gasteiger partial charge in [-0.05, 0) is 30.7 Å². The van der Waals surface area contributed by atoms with Crippen molar-refractivity contribution >= 4 is 17.6 Å². The highest BCUT2D eigenvalue weighted by Gasteiger charge is 2.29. The second kappa shape index (κ2) is 8.46.